The molecule has 35 heavy (non-hydrogen) atoms. The number of amides is 1. The van der Waals surface area contributed by atoms with Gasteiger partial charge < -0.3 is 14.5 Å². The molecule has 0 bridgehead atoms. The van der Waals surface area contributed by atoms with Crippen LogP contribution in [0, 0.1) is 5.41 Å². The van der Waals surface area contributed by atoms with E-state index in [-0.39, 0.29) is 5.41 Å². The first-order chi connectivity index (χ1) is 17.2. The summed E-state index contributed by atoms with van der Waals surface area (Å²) >= 11 is 0. The molecule has 6 rings (SSSR count). The van der Waals surface area contributed by atoms with Crippen LogP contribution in [0.2, 0.25) is 0 Å². The monoisotopic (exact) mass is 469 g/mol. The lowest BCUT2D eigenvalue weighted by Crippen LogP contribution is -2.53. The average molecular weight is 470 g/mol. The summed E-state index contributed by atoms with van der Waals surface area (Å²) in [5, 5.41) is 1.25. The quantitative estimate of drug-likeness (QED) is 0.504. The minimum absolute atomic E-state index is 0.212. The largest absolute Gasteiger partial charge is 0.493 e. The van der Waals surface area contributed by atoms with Gasteiger partial charge in [0.05, 0.1) is 29.4 Å². The zero-order valence-electron chi connectivity index (χ0n) is 20.8. The van der Waals surface area contributed by atoms with E-state index in [4.69, 9.17) is 9.72 Å². The molecule has 182 valence electrons. The number of rotatable bonds is 4. The topological polar surface area (TPSA) is 45.7 Å². The Morgan fingerprint density at radius 2 is 1.86 bits per heavy atom. The first kappa shape index (κ1) is 22.4. The number of fused-ring (bicyclic) bond motifs is 2. The van der Waals surface area contributed by atoms with Gasteiger partial charge in [-0.05, 0) is 73.8 Å². The Balaban J connectivity index is 1.20. The summed E-state index contributed by atoms with van der Waals surface area (Å²) in [5.41, 5.74) is 6.04. The smallest absolute Gasteiger partial charge is 0.229 e. The van der Waals surface area contributed by atoms with Crippen molar-refractivity contribution in [2.24, 2.45) is 5.41 Å². The van der Waals surface area contributed by atoms with E-state index >= 15 is 0 Å². The number of hydrogen-bond donors (Lipinski definition) is 0. The van der Waals surface area contributed by atoms with Gasteiger partial charge in [0.1, 0.15) is 5.75 Å². The third kappa shape index (κ3) is 3.95. The van der Waals surface area contributed by atoms with Crippen LogP contribution in [-0.2, 0) is 24.2 Å². The van der Waals surface area contributed by atoms with E-state index in [0.29, 0.717) is 12.5 Å². The van der Waals surface area contributed by atoms with Crippen LogP contribution >= 0.6 is 0 Å². The summed E-state index contributed by atoms with van der Waals surface area (Å²) in [6, 6.07) is 14.8. The van der Waals surface area contributed by atoms with Crippen molar-refractivity contribution in [3.63, 3.8) is 0 Å². The molecule has 3 aliphatic heterocycles. The van der Waals surface area contributed by atoms with Crippen molar-refractivity contribution in [3.8, 4) is 5.75 Å². The van der Waals surface area contributed by atoms with Gasteiger partial charge in [0.2, 0.25) is 5.91 Å². The number of anilines is 1. The van der Waals surface area contributed by atoms with Gasteiger partial charge in [0, 0.05) is 31.6 Å². The zero-order chi connectivity index (χ0) is 23.8. The lowest BCUT2D eigenvalue weighted by atomic mass is 9.71. The summed E-state index contributed by atoms with van der Waals surface area (Å²) in [6.07, 6.45) is 9.10. The standard InChI is InChI=1S/C30H35N3O2/c1-2-23-25-9-3-4-11-26(25)31-20-27(23)32-17-14-30(15-18-32)13-7-16-33(29(30)34)21-22-8-5-12-28-24(22)10-6-19-35-28/h3-5,8-9,11-12,20H,2,6-7,10,13-19,21H2,1H3. The predicted octanol–water partition coefficient (Wildman–Crippen LogP) is 5.53. The maximum Gasteiger partial charge on any atom is 0.229 e. The number of benzene rings is 2. The number of aryl methyl sites for hydroxylation is 1. The Labute approximate surface area is 208 Å². The number of ether oxygens (including phenoxy) is 1. The molecule has 0 unspecified atom stereocenters. The maximum atomic E-state index is 13.9. The van der Waals surface area contributed by atoms with E-state index in [9.17, 15) is 4.79 Å². The second-order valence-corrected chi connectivity index (χ2v) is 10.4. The van der Waals surface area contributed by atoms with Gasteiger partial charge in [-0.15, -0.1) is 0 Å². The minimum Gasteiger partial charge on any atom is -0.493 e. The fourth-order valence-corrected chi connectivity index (χ4v) is 6.59. The van der Waals surface area contributed by atoms with Crippen LogP contribution in [0.15, 0.2) is 48.7 Å². The molecule has 2 aromatic carbocycles. The first-order valence-corrected chi connectivity index (χ1v) is 13.3. The van der Waals surface area contributed by atoms with Gasteiger partial charge in [0.15, 0.2) is 0 Å². The fourth-order valence-electron chi connectivity index (χ4n) is 6.59. The minimum atomic E-state index is -0.212. The third-order valence-corrected chi connectivity index (χ3v) is 8.52. The van der Waals surface area contributed by atoms with Gasteiger partial charge in [-0.1, -0.05) is 37.3 Å². The van der Waals surface area contributed by atoms with Crippen LogP contribution in [0.25, 0.3) is 10.9 Å². The molecule has 0 N–H and O–H groups in total. The molecule has 2 saturated heterocycles. The third-order valence-electron chi connectivity index (χ3n) is 8.52. The Kier molecular flexibility index (Phi) is 5.87. The Morgan fingerprint density at radius 3 is 2.71 bits per heavy atom. The van der Waals surface area contributed by atoms with Crippen LogP contribution in [0.1, 0.15) is 55.7 Å². The molecule has 5 nitrogen and oxygen atoms in total. The van der Waals surface area contributed by atoms with Gasteiger partial charge in [-0.2, -0.15) is 0 Å². The number of hydrogen-bond acceptors (Lipinski definition) is 4. The van der Waals surface area contributed by atoms with Gasteiger partial charge in [-0.3, -0.25) is 9.78 Å². The molecule has 1 aromatic heterocycles. The Morgan fingerprint density at radius 1 is 1.00 bits per heavy atom. The molecule has 1 amide bonds. The molecule has 3 aliphatic rings. The number of aromatic nitrogens is 1. The number of nitrogens with zero attached hydrogens (tertiary/aromatic N) is 3. The number of likely N-dealkylation sites (tertiary alicyclic amines) is 1. The van der Waals surface area contributed by atoms with Crippen molar-refractivity contribution < 1.29 is 9.53 Å². The zero-order valence-corrected chi connectivity index (χ0v) is 20.8. The lowest BCUT2D eigenvalue weighted by molar-refractivity contribution is -0.148. The summed E-state index contributed by atoms with van der Waals surface area (Å²) in [7, 11) is 0. The van der Waals surface area contributed by atoms with Crippen LogP contribution in [-0.4, -0.2) is 42.0 Å². The molecule has 0 radical (unpaired) electrons. The molecule has 0 saturated carbocycles. The molecule has 1 spiro atoms. The Bertz CT molecular complexity index is 1250. The number of para-hydroxylation sites is 1. The van der Waals surface area contributed by atoms with Gasteiger partial charge in [-0.25, -0.2) is 0 Å². The fraction of sp³-hybridized carbons (Fsp3) is 0.467. The number of pyridine rings is 1. The van der Waals surface area contributed by atoms with Gasteiger partial charge >= 0.3 is 0 Å². The van der Waals surface area contributed by atoms with Crippen molar-refractivity contribution in [1.82, 2.24) is 9.88 Å². The van der Waals surface area contributed by atoms with E-state index in [1.165, 1.54) is 27.8 Å². The highest BCUT2D eigenvalue weighted by molar-refractivity contribution is 5.87. The van der Waals surface area contributed by atoms with Crippen LogP contribution in [0.4, 0.5) is 5.69 Å². The van der Waals surface area contributed by atoms with Crippen molar-refractivity contribution >= 4 is 22.5 Å². The van der Waals surface area contributed by atoms with E-state index in [0.717, 1.165) is 82.5 Å². The number of carbonyl (C=O) groups excluding carboxylic acids is 1. The predicted molar refractivity (Wildman–Crippen MR) is 140 cm³/mol. The molecular formula is C30H35N3O2. The van der Waals surface area contributed by atoms with Crippen molar-refractivity contribution in [1.29, 1.82) is 0 Å². The van der Waals surface area contributed by atoms with E-state index < -0.39 is 0 Å². The molecule has 2 fully saturated rings. The van der Waals surface area contributed by atoms with Crippen molar-refractivity contribution in [3.05, 3.63) is 65.4 Å². The number of piperidine rings is 2. The number of carbonyl (C=O) groups is 1. The highest BCUT2D eigenvalue weighted by Crippen LogP contribution is 2.43. The Hall–Kier alpha value is -3.08. The summed E-state index contributed by atoms with van der Waals surface area (Å²) < 4.78 is 5.88. The molecule has 4 heterocycles. The summed E-state index contributed by atoms with van der Waals surface area (Å²) in [5.74, 6) is 1.38. The normalized spacial score (nSPS) is 19.6. The van der Waals surface area contributed by atoms with E-state index in [1.807, 2.05) is 0 Å². The lowest BCUT2D eigenvalue weighted by Gasteiger charge is -2.47. The molecule has 5 heteroatoms. The molecular weight excluding hydrogens is 434 g/mol. The van der Waals surface area contributed by atoms with Crippen LogP contribution in [0.5, 0.6) is 5.75 Å². The highest BCUT2D eigenvalue weighted by Gasteiger charge is 2.46. The maximum absolute atomic E-state index is 13.9. The highest BCUT2D eigenvalue weighted by atomic mass is 16.5. The first-order valence-electron chi connectivity index (χ1n) is 13.3. The summed E-state index contributed by atoms with van der Waals surface area (Å²) in [4.78, 5) is 23.2. The summed E-state index contributed by atoms with van der Waals surface area (Å²) in [6.45, 7) is 6.44. The van der Waals surface area contributed by atoms with E-state index in [2.05, 4.69) is 65.4 Å². The molecule has 3 aromatic rings. The average Bonchev–Trinajstić information content (AvgIpc) is 2.91. The molecule has 0 aliphatic carbocycles. The van der Waals surface area contributed by atoms with Gasteiger partial charge in [0.25, 0.3) is 0 Å². The van der Waals surface area contributed by atoms with Crippen molar-refractivity contribution in [2.75, 3.05) is 31.1 Å². The van der Waals surface area contributed by atoms with Crippen LogP contribution < -0.4 is 9.64 Å². The van der Waals surface area contributed by atoms with E-state index in [1.54, 1.807) is 0 Å². The SMILES string of the molecule is CCc1c(N2CCC3(CCCN(Cc4cccc5c4CCCO5)C3=O)CC2)cnc2ccccc12. The van der Waals surface area contributed by atoms with Crippen LogP contribution in [0.3, 0.4) is 0 Å². The van der Waals surface area contributed by atoms with Crippen molar-refractivity contribution in [2.45, 2.75) is 58.4 Å². The second-order valence-electron chi connectivity index (χ2n) is 10.4. The second kappa shape index (κ2) is 9.18. The molecule has 0 atom stereocenters.